The topological polar surface area (TPSA) is 161 Å². The number of esters is 1. The number of hydrogen-bond acceptors (Lipinski definition) is 8. The van der Waals surface area contributed by atoms with Gasteiger partial charge in [0, 0.05) is 6.42 Å². The van der Waals surface area contributed by atoms with Crippen LogP contribution in [0.3, 0.4) is 0 Å². The fraction of sp³-hybridized carbons (Fsp3) is 0.452. The van der Waals surface area contributed by atoms with Gasteiger partial charge in [0.05, 0.1) is 20.3 Å². The number of alkyl carbamates (subject to hydrolysis) is 1. The highest BCUT2D eigenvalue weighted by Crippen LogP contribution is 2.09. The molecule has 3 atom stereocenters. The molecule has 2 rings (SSSR count). The van der Waals surface area contributed by atoms with Gasteiger partial charge in [-0.15, -0.1) is 0 Å². The maximum Gasteiger partial charge on any atom is 0.408 e. The summed E-state index contributed by atoms with van der Waals surface area (Å²) in [4.78, 5) is 63.2. The standard InChI is InChI=1S/C31H42N4O8/c1-20-12-14-22(15-13-20)16-24(28(38)32-17-26(36)41-6)34-27(37)21(2)33-29(39)25(35-30(40)43-31(3,4)5)19-42-18-23-10-8-7-9-11-23/h7-15,21,24-25H,16-19H2,1-6H3,(H,32,38)(H,33,39)(H,34,37)(H,35,40)/t21-,24-,25-/m0/s1. The molecule has 0 aliphatic carbocycles. The molecule has 0 bridgehead atoms. The Morgan fingerprint density at radius 3 is 2.05 bits per heavy atom. The van der Waals surface area contributed by atoms with Crippen LogP contribution in [0.1, 0.15) is 44.4 Å². The van der Waals surface area contributed by atoms with Crippen molar-refractivity contribution >= 4 is 29.8 Å². The summed E-state index contributed by atoms with van der Waals surface area (Å²) in [5, 5.41) is 10.2. The van der Waals surface area contributed by atoms with Gasteiger partial charge in [-0.1, -0.05) is 60.2 Å². The van der Waals surface area contributed by atoms with Gasteiger partial charge in [0.2, 0.25) is 17.7 Å². The molecule has 0 heterocycles. The van der Waals surface area contributed by atoms with E-state index in [1.165, 1.54) is 14.0 Å². The zero-order chi connectivity index (χ0) is 32.0. The van der Waals surface area contributed by atoms with Crippen LogP contribution in [-0.4, -0.2) is 73.8 Å². The van der Waals surface area contributed by atoms with Crippen molar-refractivity contribution in [2.45, 2.75) is 71.4 Å². The van der Waals surface area contributed by atoms with Gasteiger partial charge >= 0.3 is 12.1 Å². The molecule has 43 heavy (non-hydrogen) atoms. The number of hydrogen-bond donors (Lipinski definition) is 4. The smallest absolute Gasteiger partial charge is 0.408 e. The Kier molecular flexibility index (Phi) is 13.6. The third kappa shape index (κ3) is 13.4. The van der Waals surface area contributed by atoms with Gasteiger partial charge in [0.25, 0.3) is 0 Å². The van der Waals surface area contributed by atoms with E-state index in [9.17, 15) is 24.0 Å². The van der Waals surface area contributed by atoms with E-state index in [0.29, 0.717) is 0 Å². The maximum absolute atomic E-state index is 13.2. The first-order valence-electron chi connectivity index (χ1n) is 13.9. The fourth-order valence-corrected chi connectivity index (χ4v) is 3.70. The van der Waals surface area contributed by atoms with Crippen LogP contribution < -0.4 is 21.3 Å². The number of ether oxygens (including phenoxy) is 3. The second kappa shape index (κ2) is 16.9. The lowest BCUT2D eigenvalue weighted by Crippen LogP contribution is -2.57. The Morgan fingerprint density at radius 2 is 1.44 bits per heavy atom. The average molecular weight is 599 g/mol. The minimum absolute atomic E-state index is 0.135. The number of aryl methyl sites for hydroxylation is 1. The molecule has 0 unspecified atom stereocenters. The van der Waals surface area contributed by atoms with E-state index in [2.05, 4.69) is 26.0 Å². The molecule has 0 aliphatic rings. The van der Waals surface area contributed by atoms with E-state index >= 15 is 0 Å². The molecule has 0 radical (unpaired) electrons. The minimum Gasteiger partial charge on any atom is -0.468 e. The van der Waals surface area contributed by atoms with Crippen LogP contribution in [0.5, 0.6) is 0 Å². The number of amides is 4. The number of benzene rings is 2. The van der Waals surface area contributed by atoms with E-state index in [-0.39, 0.29) is 26.2 Å². The van der Waals surface area contributed by atoms with Gasteiger partial charge in [-0.05, 0) is 45.7 Å². The van der Waals surface area contributed by atoms with Gasteiger partial charge < -0.3 is 35.5 Å². The predicted molar refractivity (Wildman–Crippen MR) is 159 cm³/mol. The minimum atomic E-state index is -1.18. The lowest BCUT2D eigenvalue weighted by Gasteiger charge is -2.25. The number of carbonyl (C=O) groups excluding carboxylic acids is 5. The van der Waals surface area contributed by atoms with Crippen LogP contribution in [0, 0.1) is 6.92 Å². The molecule has 0 spiro atoms. The lowest BCUT2D eigenvalue weighted by atomic mass is 10.0. The summed E-state index contributed by atoms with van der Waals surface area (Å²) in [6.07, 6.45) is -0.691. The fourth-order valence-electron chi connectivity index (χ4n) is 3.70. The van der Waals surface area contributed by atoms with E-state index in [1.807, 2.05) is 61.5 Å². The summed E-state index contributed by atoms with van der Waals surface area (Å²) in [5.41, 5.74) is 1.87. The quantitative estimate of drug-likeness (QED) is 0.240. The van der Waals surface area contributed by atoms with Crippen LogP contribution in [0.4, 0.5) is 4.79 Å². The molecule has 12 nitrogen and oxygen atoms in total. The monoisotopic (exact) mass is 598 g/mol. The largest absolute Gasteiger partial charge is 0.468 e. The summed E-state index contributed by atoms with van der Waals surface area (Å²) in [7, 11) is 1.20. The van der Waals surface area contributed by atoms with Crippen LogP contribution in [-0.2, 0) is 46.4 Å². The summed E-state index contributed by atoms with van der Waals surface area (Å²) < 4.78 is 15.5. The third-order valence-electron chi connectivity index (χ3n) is 5.98. The molecule has 0 saturated heterocycles. The van der Waals surface area contributed by atoms with Crippen molar-refractivity contribution in [1.82, 2.24) is 21.3 Å². The molecular weight excluding hydrogens is 556 g/mol. The normalized spacial score (nSPS) is 13.1. The first-order chi connectivity index (χ1) is 20.3. The van der Waals surface area contributed by atoms with Gasteiger partial charge in [0.1, 0.15) is 30.3 Å². The molecule has 0 aliphatic heterocycles. The Morgan fingerprint density at radius 1 is 0.791 bits per heavy atom. The van der Waals surface area contributed by atoms with Crippen LogP contribution >= 0.6 is 0 Å². The van der Waals surface area contributed by atoms with E-state index in [4.69, 9.17) is 9.47 Å². The highest BCUT2D eigenvalue weighted by atomic mass is 16.6. The van der Waals surface area contributed by atoms with Crippen molar-refractivity contribution in [3.8, 4) is 0 Å². The highest BCUT2D eigenvalue weighted by Gasteiger charge is 2.29. The molecule has 0 saturated carbocycles. The number of rotatable bonds is 14. The SMILES string of the molecule is COC(=O)CNC(=O)[C@H](Cc1ccc(C)cc1)NC(=O)[C@H](C)NC(=O)[C@H](COCc1ccccc1)NC(=O)OC(C)(C)C. The summed E-state index contributed by atoms with van der Waals surface area (Å²) in [6, 6.07) is 13.4. The van der Waals surface area contributed by atoms with E-state index in [0.717, 1.165) is 16.7 Å². The molecule has 4 amide bonds. The molecule has 234 valence electrons. The highest BCUT2D eigenvalue weighted by molar-refractivity contribution is 5.94. The Hall–Kier alpha value is -4.45. The molecule has 2 aromatic carbocycles. The van der Waals surface area contributed by atoms with Crippen LogP contribution in [0.15, 0.2) is 54.6 Å². The zero-order valence-electron chi connectivity index (χ0n) is 25.5. The molecular formula is C31H42N4O8. The molecule has 0 fully saturated rings. The van der Waals surface area contributed by atoms with Gasteiger partial charge in [-0.3, -0.25) is 19.2 Å². The van der Waals surface area contributed by atoms with Crippen molar-refractivity contribution in [2.75, 3.05) is 20.3 Å². The zero-order valence-corrected chi connectivity index (χ0v) is 25.5. The third-order valence-corrected chi connectivity index (χ3v) is 5.98. The van der Waals surface area contributed by atoms with E-state index < -0.39 is 53.5 Å². The van der Waals surface area contributed by atoms with Crippen molar-refractivity contribution < 1.29 is 38.2 Å². The Balaban J connectivity index is 2.10. The van der Waals surface area contributed by atoms with Crippen LogP contribution in [0.2, 0.25) is 0 Å². The molecule has 12 heteroatoms. The number of methoxy groups -OCH3 is 1. The summed E-state index contributed by atoms with van der Waals surface area (Å²) >= 11 is 0. The van der Waals surface area contributed by atoms with Gasteiger partial charge in [-0.2, -0.15) is 0 Å². The average Bonchev–Trinajstić information content (AvgIpc) is 2.95. The first kappa shape index (κ1) is 34.7. The van der Waals surface area contributed by atoms with Gasteiger partial charge in [0.15, 0.2) is 0 Å². The predicted octanol–water partition coefficient (Wildman–Crippen LogP) is 1.93. The number of carbonyl (C=O) groups is 5. The lowest BCUT2D eigenvalue weighted by molar-refractivity contribution is -0.141. The van der Waals surface area contributed by atoms with Crippen molar-refractivity contribution in [3.05, 3.63) is 71.3 Å². The van der Waals surface area contributed by atoms with Crippen LogP contribution in [0.25, 0.3) is 0 Å². The van der Waals surface area contributed by atoms with Crippen molar-refractivity contribution in [2.24, 2.45) is 0 Å². The first-order valence-corrected chi connectivity index (χ1v) is 13.9. The van der Waals surface area contributed by atoms with Gasteiger partial charge in [-0.25, -0.2) is 4.79 Å². The molecule has 2 aromatic rings. The van der Waals surface area contributed by atoms with Crippen molar-refractivity contribution in [3.63, 3.8) is 0 Å². The van der Waals surface area contributed by atoms with E-state index in [1.54, 1.807) is 20.8 Å². The number of nitrogens with one attached hydrogen (secondary N) is 4. The Labute approximate surface area is 252 Å². The molecule has 4 N–H and O–H groups in total. The second-order valence-corrected chi connectivity index (χ2v) is 11.0. The summed E-state index contributed by atoms with van der Waals surface area (Å²) in [6.45, 7) is 8.06. The maximum atomic E-state index is 13.2. The second-order valence-electron chi connectivity index (χ2n) is 11.0. The Bertz CT molecular complexity index is 1230. The molecule has 0 aromatic heterocycles. The van der Waals surface area contributed by atoms with Crippen molar-refractivity contribution in [1.29, 1.82) is 0 Å². The summed E-state index contributed by atoms with van der Waals surface area (Å²) in [5.74, 6) is -2.59.